The van der Waals surface area contributed by atoms with Crippen LogP contribution >= 0.6 is 0 Å². The largest absolute Gasteiger partial charge is 0.497 e. The summed E-state index contributed by atoms with van der Waals surface area (Å²) < 4.78 is 24.3. The van der Waals surface area contributed by atoms with E-state index in [9.17, 15) is 4.39 Å². The lowest BCUT2D eigenvalue weighted by Crippen LogP contribution is -2.31. The Morgan fingerprint density at radius 2 is 2.06 bits per heavy atom. The molecule has 0 spiro atoms. The van der Waals surface area contributed by atoms with Crippen LogP contribution in [-0.4, -0.2) is 27.4 Å². The van der Waals surface area contributed by atoms with Crippen LogP contribution in [0.1, 0.15) is 24.9 Å². The van der Waals surface area contributed by atoms with E-state index in [1.165, 1.54) is 13.2 Å². The number of hydrogen-bond donors (Lipinski definition) is 1. The summed E-state index contributed by atoms with van der Waals surface area (Å²) in [5, 5.41) is 3.09. The van der Waals surface area contributed by atoms with Crippen molar-refractivity contribution < 1.29 is 13.9 Å². The van der Waals surface area contributed by atoms with E-state index in [0.717, 1.165) is 6.42 Å². The lowest BCUT2D eigenvalue weighted by Gasteiger charge is -2.25. The van der Waals surface area contributed by atoms with E-state index in [0.29, 0.717) is 11.3 Å². The Bertz CT molecular complexity index is 353. The number of hydrogen-bond acceptors (Lipinski definition) is 3. The fourth-order valence-electron chi connectivity index (χ4n) is 1.97. The van der Waals surface area contributed by atoms with Crippen LogP contribution in [0.15, 0.2) is 18.2 Å². The van der Waals surface area contributed by atoms with Gasteiger partial charge in [-0.1, -0.05) is 13.0 Å². The highest BCUT2D eigenvalue weighted by atomic mass is 19.1. The van der Waals surface area contributed by atoms with E-state index in [4.69, 9.17) is 9.47 Å². The SMILES string of the molecule is CCC(OC)C(NC)c1ccc(OC)cc1F. The van der Waals surface area contributed by atoms with Crippen LogP contribution in [0.25, 0.3) is 0 Å². The van der Waals surface area contributed by atoms with Crippen LogP contribution < -0.4 is 10.1 Å². The molecule has 96 valence electrons. The minimum Gasteiger partial charge on any atom is -0.497 e. The maximum atomic E-state index is 13.9. The van der Waals surface area contributed by atoms with Crippen LogP contribution in [0, 0.1) is 5.82 Å². The number of likely N-dealkylation sites (N-methyl/N-ethyl adjacent to an activating group) is 1. The molecule has 17 heavy (non-hydrogen) atoms. The second-order valence-corrected chi connectivity index (χ2v) is 3.84. The molecule has 4 heteroatoms. The van der Waals surface area contributed by atoms with Gasteiger partial charge in [-0.3, -0.25) is 0 Å². The fraction of sp³-hybridized carbons (Fsp3) is 0.538. The van der Waals surface area contributed by atoms with Crippen molar-refractivity contribution in [1.29, 1.82) is 0 Å². The number of ether oxygens (including phenoxy) is 2. The third-order valence-electron chi connectivity index (χ3n) is 2.93. The second-order valence-electron chi connectivity index (χ2n) is 3.84. The predicted molar refractivity (Wildman–Crippen MR) is 65.8 cm³/mol. The van der Waals surface area contributed by atoms with Crippen LogP contribution in [0.2, 0.25) is 0 Å². The molecule has 0 aliphatic carbocycles. The van der Waals surface area contributed by atoms with Crippen molar-refractivity contribution >= 4 is 0 Å². The van der Waals surface area contributed by atoms with E-state index >= 15 is 0 Å². The molecule has 0 aromatic heterocycles. The summed E-state index contributed by atoms with van der Waals surface area (Å²) in [6, 6.07) is 4.72. The minimum absolute atomic E-state index is 0.0529. The van der Waals surface area contributed by atoms with Gasteiger partial charge in [-0.25, -0.2) is 4.39 Å². The molecule has 0 aliphatic heterocycles. The number of halogens is 1. The molecule has 1 aromatic carbocycles. The quantitative estimate of drug-likeness (QED) is 0.830. The first kappa shape index (κ1) is 13.9. The molecular weight excluding hydrogens is 221 g/mol. The number of rotatable bonds is 6. The molecule has 0 radical (unpaired) electrons. The van der Waals surface area contributed by atoms with Crippen molar-refractivity contribution in [3.05, 3.63) is 29.6 Å². The average Bonchev–Trinajstić information content (AvgIpc) is 2.36. The molecule has 0 saturated heterocycles. The number of benzene rings is 1. The summed E-state index contributed by atoms with van der Waals surface area (Å²) in [4.78, 5) is 0. The number of nitrogens with one attached hydrogen (secondary N) is 1. The molecule has 1 N–H and O–H groups in total. The first-order valence-electron chi connectivity index (χ1n) is 5.71. The molecule has 0 fully saturated rings. The van der Waals surface area contributed by atoms with E-state index in [1.807, 2.05) is 6.92 Å². The van der Waals surface area contributed by atoms with Gasteiger partial charge in [0, 0.05) is 18.7 Å². The van der Waals surface area contributed by atoms with Crippen LogP contribution in [0.5, 0.6) is 5.75 Å². The summed E-state index contributed by atoms with van der Waals surface area (Å²) in [6.07, 6.45) is 0.760. The lowest BCUT2D eigenvalue weighted by atomic mass is 9.99. The van der Waals surface area contributed by atoms with Gasteiger partial charge in [0.05, 0.1) is 19.3 Å². The van der Waals surface area contributed by atoms with Gasteiger partial charge in [0.2, 0.25) is 0 Å². The monoisotopic (exact) mass is 241 g/mol. The molecule has 1 rings (SSSR count). The van der Waals surface area contributed by atoms with E-state index in [-0.39, 0.29) is 18.0 Å². The van der Waals surface area contributed by atoms with Gasteiger partial charge >= 0.3 is 0 Å². The Hall–Kier alpha value is -1.13. The fourth-order valence-corrected chi connectivity index (χ4v) is 1.97. The van der Waals surface area contributed by atoms with Gasteiger partial charge in [-0.2, -0.15) is 0 Å². The maximum absolute atomic E-state index is 13.9. The third kappa shape index (κ3) is 3.17. The molecule has 0 bridgehead atoms. The highest BCUT2D eigenvalue weighted by molar-refractivity contribution is 5.31. The van der Waals surface area contributed by atoms with Gasteiger partial charge in [-0.15, -0.1) is 0 Å². The summed E-state index contributed by atoms with van der Waals surface area (Å²) in [6.45, 7) is 2.01. The Morgan fingerprint density at radius 1 is 1.35 bits per heavy atom. The van der Waals surface area contributed by atoms with Crippen LogP contribution in [0.3, 0.4) is 0 Å². The normalized spacial score (nSPS) is 14.4. The zero-order valence-electron chi connectivity index (χ0n) is 10.8. The van der Waals surface area contributed by atoms with Crippen molar-refractivity contribution in [1.82, 2.24) is 5.32 Å². The summed E-state index contributed by atoms with van der Waals surface area (Å²) >= 11 is 0. The van der Waals surface area contributed by atoms with Crippen molar-refractivity contribution in [3.8, 4) is 5.75 Å². The second kappa shape index (κ2) is 6.57. The molecule has 0 aliphatic rings. The Labute approximate surface area is 102 Å². The van der Waals surface area contributed by atoms with Gasteiger partial charge in [0.1, 0.15) is 11.6 Å². The van der Waals surface area contributed by atoms with E-state index in [2.05, 4.69) is 5.32 Å². The lowest BCUT2D eigenvalue weighted by molar-refractivity contribution is 0.0664. The van der Waals surface area contributed by atoms with Crippen molar-refractivity contribution in [2.24, 2.45) is 0 Å². The molecule has 1 aromatic rings. The first-order valence-corrected chi connectivity index (χ1v) is 5.71. The molecule has 2 atom stereocenters. The van der Waals surface area contributed by atoms with Crippen molar-refractivity contribution in [2.75, 3.05) is 21.3 Å². The smallest absolute Gasteiger partial charge is 0.131 e. The highest BCUT2D eigenvalue weighted by Crippen LogP contribution is 2.26. The van der Waals surface area contributed by atoms with Gasteiger partial charge < -0.3 is 14.8 Å². The summed E-state index contributed by atoms with van der Waals surface area (Å²) in [5.74, 6) is 0.241. The van der Waals surface area contributed by atoms with Gasteiger partial charge in [0.15, 0.2) is 0 Å². The molecule has 0 heterocycles. The predicted octanol–water partition coefficient (Wildman–Crippen LogP) is 2.52. The van der Waals surface area contributed by atoms with Crippen LogP contribution in [-0.2, 0) is 4.74 Å². The summed E-state index contributed by atoms with van der Waals surface area (Å²) in [7, 11) is 4.96. The third-order valence-corrected chi connectivity index (χ3v) is 2.93. The van der Waals surface area contributed by atoms with Crippen molar-refractivity contribution in [2.45, 2.75) is 25.5 Å². The molecule has 2 unspecified atom stereocenters. The van der Waals surface area contributed by atoms with E-state index in [1.54, 1.807) is 26.3 Å². The Balaban J connectivity index is 3.03. The van der Waals surface area contributed by atoms with Gasteiger partial charge in [-0.05, 0) is 19.5 Å². The zero-order chi connectivity index (χ0) is 12.8. The maximum Gasteiger partial charge on any atom is 0.131 e. The number of methoxy groups -OCH3 is 2. The Kier molecular flexibility index (Phi) is 5.38. The molecule has 0 amide bonds. The van der Waals surface area contributed by atoms with Gasteiger partial charge in [0.25, 0.3) is 0 Å². The zero-order valence-corrected chi connectivity index (χ0v) is 10.8. The van der Waals surface area contributed by atoms with Crippen molar-refractivity contribution in [3.63, 3.8) is 0 Å². The average molecular weight is 241 g/mol. The summed E-state index contributed by atoms with van der Waals surface area (Å²) in [5.41, 5.74) is 0.599. The standard InChI is InChI=1S/C13H20FNO2/c1-5-12(17-4)13(15-2)10-7-6-9(16-3)8-11(10)14/h6-8,12-13,15H,5H2,1-4H3. The van der Waals surface area contributed by atoms with Crippen LogP contribution in [0.4, 0.5) is 4.39 Å². The minimum atomic E-state index is -0.279. The topological polar surface area (TPSA) is 30.5 Å². The molecular formula is C13H20FNO2. The van der Waals surface area contributed by atoms with E-state index < -0.39 is 0 Å². The molecule has 3 nitrogen and oxygen atoms in total. The highest BCUT2D eigenvalue weighted by Gasteiger charge is 2.22. The Morgan fingerprint density at radius 3 is 2.47 bits per heavy atom. The molecule has 0 saturated carbocycles. The first-order chi connectivity index (χ1) is 8.17.